The average Bonchev–Trinajstić information content (AvgIpc) is 3.23. The number of benzene rings is 1. The minimum Gasteiger partial charge on any atom is -0.361 e. The number of fused-ring (bicyclic) bond motifs is 1. The first-order chi connectivity index (χ1) is 16.4. The molecule has 1 aromatic carbocycles. The molecule has 0 saturated carbocycles. The molecule has 0 unspecified atom stereocenters. The average molecular weight is 473 g/mol. The van der Waals surface area contributed by atoms with E-state index in [0.29, 0.717) is 32.5 Å². The fourth-order valence-corrected chi connectivity index (χ4v) is 3.74. The number of unbranched alkanes of at least 4 members (excludes halogenated alkanes) is 4. The van der Waals surface area contributed by atoms with Crippen molar-refractivity contribution in [2.24, 2.45) is 11.5 Å². The molecule has 0 aliphatic heterocycles. The van der Waals surface area contributed by atoms with E-state index in [9.17, 15) is 14.4 Å². The Balaban J connectivity index is 1.49. The molecule has 0 aliphatic carbocycles. The van der Waals surface area contributed by atoms with Crippen molar-refractivity contribution in [3.8, 4) is 0 Å². The van der Waals surface area contributed by atoms with Crippen LogP contribution in [0.25, 0.3) is 10.9 Å². The molecule has 0 saturated heterocycles. The van der Waals surface area contributed by atoms with E-state index in [4.69, 9.17) is 11.5 Å². The Morgan fingerprint density at radius 3 is 2.38 bits per heavy atom. The van der Waals surface area contributed by atoms with Crippen LogP contribution in [0.15, 0.2) is 30.5 Å². The number of rotatable bonds is 16. The number of hydrogen-bond acceptors (Lipinski definition) is 5. The number of nitrogens with one attached hydrogen (secondary N) is 4. The molecule has 1 heterocycles. The predicted octanol–water partition coefficient (Wildman–Crippen LogP) is 1.46. The molecule has 0 aliphatic rings. The Kier molecular flexibility index (Phi) is 12.1. The van der Waals surface area contributed by atoms with Crippen LogP contribution >= 0.6 is 0 Å². The maximum atomic E-state index is 12.2. The number of amides is 3. The molecule has 0 fully saturated rings. The van der Waals surface area contributed by atoms with Gasteiger partial charge in [-0.1, -0.05) is 37.5 Å². The highest BCUT2D eigenvalue weighted by Gasteiger charge is 2.19. The molecule has 9 heteroatoms. The molecular weight excluding hydrogens is 432 g/mol. The number of hydrogen-bond donors (Lipinski definition) is 6. The van der Waals surface area contributed by atoms with E-state index in [1.54, 1.807) is 6.92 Å². The zero-order chi connectivity index (χ0) is 24.8. The molecule has 0 bridgehead atoms. The first-order valence-electron chi connectivity index (χ1n) is 12.3. The third-order valence-corrected chi connectivity index (χ3v) is 5.81. The summed E-state index contributed by atoms with van der Waals surface area (Å²) < 4.78 is 0. The van der Waals surface area contributed by atoms with E-state index in [1.807, 2.05) is 30.5 Å². The first kappa shape index (κ1) is 27.3. The summed E-state index contributed by atoms with van der Waals surface area (Å²) in [6.45, 7) is 3.42. The van der Waals surface area contributed by atoms with Gasteiger partial charge >= 0.3 is 0 Å². The highest BCUT2D eigenvalue weighted by atomic mass is 16.2. The van der Waals surface area contributed by atoms with Gasteiger partial charge in [-0.2, -0.15) is 0 Å². The highest BCUT2D eigenvalue weighted by Crippen LogP contribution is 2.17. The molecule has 1 aromatic heterocycles. The number of nitrogens with two attached hydrogens (primary N) is 2. The number of H-pyrrole nitrogens is 1. The van der Waals surface area contributed by atoms with E-state index in [-0.39, 0.29) is 17.7 Å². The summed E-state index contributed by atoms with van der Waals surface area (Å²) in [5, 5.41) is 9.56. The maximum absolute atomic E-state index is 12.2. The fraction of sp³-hybridized carbons (Fsp3) is 0.560. The normalized spacial score (nSPS) is 12.8. The summed E-state index contributed by atoms with van der Waals surface area (Å²) in [7, 11) is 0. The number of aromatic amines is 1. The van der Waals surface area contributed by atoms with Crippen LogP contribution < -0.4 is 27.4 Å². The van der Waals surface area contributed by atoms with Crippen LogP contribution in [0.4, 0.5) is 0 Å². The lowest BCUT2D eigenvalue weighted by Gasteiger charge is -2.17. The van der Waals surface area contributed by atoms with Crippen LogP contribution in [0.1, 0.15) is 57.4 Å². The van der Waals surface area contributed by atoms with Crippen LogP contribution in [0, 0.1) is 0 Å². The lowest BCUT2D eigenvalue weighted by molar-refractivity contribution is -0.129. The highest BCUT2D eigenvalue weighted by molar-refractivity contribution is 5.89. The van der Waals surface area contributed by atoms with Gasteiger partial charge in [0.25, 0.3) is 0 Å². The molecule has 9 nitrogen and oxygen atoms in total. The Labute approximate surface area is 201 Å². The Hall–Kier alpha value is -2.91. The van der Waals surface area contributed by atoms with Crippen LogP contribution in [-0.4, -0.2) is 54.4 Å². The van der Waals surface area contributed by atoms with Crippen molar-refractivity contribution in [1.82, 2.24) is 20.9 Å². The molecule has 34 heavy (non-hydrogen) atoms. The molecule has 8 N–H and O–H groups in total. The minimum absolute atomic E-state index is 0.0205. The van der Waals surface area contributed by atoms with Crippen molar-refractivity contribution in [3.63, 3.8) is 0 Å². The zero-order valence-electron chi connectivity index (χ0n) is 20.2. The van der Waals surface area contributed by atoms with Gasteiger partial charge in [-0.05, 0) is 50.8 Å². The quantitative estimate of drug-likeness (QED) is 0.204. The lowest BCUT2D eigenvalue weighted by atomic mass is 10.1. The summed E-state index contributed by atoms with van der Waals surface area (Å²) in [5.74, 6) is -0.509. The second kappa shape index (κ2) is 15.1. The second-order valence-corrected chi connectivity index (χ2v) is 8.71. The van der Waals surface area contributed by atoms with Gasteiger partial charge in [0.2, 0.25) is 17.7 Å². The minimum atomic E-state index is -0.625. The van der Waals surface area contributed by atoms with Gasteiger partial charge < -0.3 is 32.4 Å². The third-order valence-electron chi connectivity index (χ3n) is 5.81. The molecule has 188 valence electrons. The fourth-order valence-electron chi connectivity index (χ4n) is 3.74. The van der Waals surface area contributed by atoms with E-state index < -0.39 is 12.1 Å². The monoisotopic (exact) mass is 472 g/mol. The molecule has 0 radical (unpaired) electrons. The van der Waals surface area contributed by atoms with E-state index in [2.05, 4.69) is 20.9 Å². The molecule has 0 spiro atoms. The molecule has 2 rings (SSSR count). The predicted molar refractivity (Wildman–Crippen MR) is 135 cm³/mol. The van der Waals surface area contributed by atoms with Gasteiger partial charge in [0.1, 0.15) is 6.04 Å². The Morgan fingerprint density at radius 1 is 0.941 bits per heavy atom. The van der Waals surface area contributed by atoms with Crippen molar-refractivity contribution in [2.45, 2.75) is 70.4 Å². The van der Waals surface area contributed by atoms with Crippen molar-refractivity contribution in [3.05, 3.63) is 36.0 Å². The van der Waals surface area contributed by atoms with Crippen molar-refractivity contribution in [1.29, 1.82) is 0 Å². The standard InChI is InChI=1S/C25H40N6O3/c1-18(31-25(34)21(27)11-6-7-13-26)24(33)29-15-9-3-2-8-14-28-23(32)16-19-17-30-22-12-5-4-10-20(19)22/h4-5,10,12,17-18,21,30H,2-3,6-9,11,13-16,26-27H2,1H3,(H,28,32)(H,29,33)(H,31,34)/t18-,21-/m0/s1. The summed E-state index contributed by atoms with van der Waals surface area (Å²) >= 11 is 0. The molecular formula is C25H40N6O3. The van der Waals surface area contributed by atoms with Crippen molar-refractivity contribution in [2.75, 3.05) is 19.6 Å². The number of carbonyl (C=O) groups is 3. The van der Waals surface area contributed by atoms with Gasteiger partial charge in [-0.3, -0.25) is 14.4 Å². The van der Waals surface area contributed by atoms with Gasteiger partial charge in [-0.15, -0.1) is 0 Å². The lowest BCUT2D eigenvalue weighted by Crippen LogP contribution is -2.50. The largest absolute Gasteiger partial charge is 0.361 e. The molecule has 3 amide bonds. The number of para-hydroxylation sites is 1. The number of aromatic nitrogens is 1. The third kappa shape index (κ3) is 9.52. The van der Waals surface area contributed by atoms with E-state index >= 15 is 0 Å². The van der Waals surface area contributed by atoms with E-state index in [0.717, 1.165) is 55.0 Å². The van der Waals surface area contributed by atoms with Crippen LogP contribution in [-0.2, 0) is 20.8 Å². The Morgan fingerprint density at radius 2 is 1.65 bits per heavy atom. The second-order valence-electron chi connectivity index (χ2n) is 8.71. The van der Waals surface area contributed by atoms with Crippen molar-refractivity contribution >= 4 is 28.6 Å². The van der Waals surface area contributed by atoms with Gasteiger partial charge in [0.15, 0.2) is 0 Å². The summed E-state index contributed by atoms with van der Waals surface area (Å²) in [6, 6.07) is 6.71. The van der Waals surface area contributed by atoms with Crippen LogP contribution in [0.2, 0.25) is 0 Å². The van der Waals surface area contributed by atoms with Crippen LogP contribution in [0.5, 0.6) is 0 Å². The van der Waals surface area contributed by atoms with Crippen LogP contribution in [0.3, 0.4) is 0 Å². The van der Waals surface area contributed by atoms with Gasteiger partial charge in [0, 0.05) is 30.2 Å². The van der Waals surface area contributed by atoms with Gasteiger partial charge in [0.05, 0.1) is 12.5 Å². The topological polar surface area (TPSA) is 155 Å². The Bertz CT molecular complexity index is 913. The molecule has 2 atom stereocenters. The maximum Gasteiger partial charge on any atom is 0.242 e. The molecule has 2 aromatic rings. The summed E-state index contributed by atoms with van der Waals surface area (Å²) in [4.78, 5) is 39.6. The SMILES string of the molecule is C[C@H](NC(=O)[C@@H](N)CCCCN)C(=O)NCCCCCCNC(=O)Cc1c[nH]c2ccccc12. The van der Waals surface area contributed by atoms with Gasteiger partial charge in [-0.25, -0.2) is 0 Å². The number of carbonyl (C=O) groups excluding carboxylic acids is 3. The summed E-state index contributed by atoms with van der Waals surface area (Å²) in [5.41, 5.74) is 13.3. The summed E-state index contributed by atoms with van der Waals surface area (Å²) in [6.07, 6.45) is 8.08. The first-order valence-corrected chi connectivity index (χ1v) is 12.3. The zero-order valence-corrected chi connectivity index (χ0v) is 20.2. The van der Waals surface area contributed by atoms with Crippen molar-refractivity contribution < 1.29 is 14.4 Å². The van der Waals surface area contributed by atoms with E-state index in [1.165, 1.54) is 0 Å². The smallest absolute Gasteiger partial charge is 0.242 e.